The third-order valence-corrected chi connectivity index (χ3v) is 3.69. The van der Waals surface area contributed by atoms with Crippen molar-refractivity contribution >= 4 is 29.2 Å². The Bertz CT molecular complexity index is 566. The van der Waals surface area contributed by atoms with Crippen LogP contribution in [-0.4, -0.2) is 11.3 Å². The molecule has 0 bridgehead atoms. The van der Waals surface area contributed by atoms with Gasteiger partial charge in [0.15, 0.2) is 11.4 Å². The van der Waals surface area contributed by atoms with E-state index in [1.807, 2.05) is 24.3 Å². The van der Waals surface area contributed by atoms with Crippen LogP contribution < -0.4 is 4.74 Å². The normalized spacial score (nSPS) is 10.7. The van der Waals surface area contributed by atoms with Crippen LogP contribution in [0.15, 0.2) is 24.3 Å². The van der Waals surface area contributed by atoms with Crippen LogP contribution in [0.4, 0.5) is 0 Å². The first-order valence-corrected chi connectivity index (χ1v) is 6.69. The van der Waals surface area contributed by atoms with Crippen LogP contribution in [0, 0.1) is 0 Å². The molecule has 0 atom stereocenters. The molecule has 1 heterocycles. The van der Waals surface area contributed by atoms with Gasteiger partial charge in [0.25, 0.3) is 5.19 Å². The number of rotatable bonds is 4. The summed E-state index contributed by atoms with van der Waals surface area (Å²) in [5.41, 5.74) is 1.19. The molecule has 0 aliphatic carbocycles. The SMILES string of the molecule is CC(C)c1cccc(Oc2nc(Cl)c(C=O)s2)c1. The van der Waals surface area contributed by atoms with E-state index in [9.17, 15) is 4.79 Å². The van der Waals surface area contributed by atoms with Crippen LogP contribution >= 0.6 is 22.9 Å². The topological polar surface area (TPSA) is 39.2 Å². The molecule has 0 saturated carbocycles. The number of aromatic nitrogens is 1. The van der Waals surface area contributed by atoms with Crippen LogP contribution in [0.1, 0.15) is 35.0 Å². The number of benzene rings is 1. The number of aldehydes is 1. The second kappa shape index (κ2) is 5.50. The second-order valence-electron chi connectivity index (χ2n) is 4.08. The van der Waals surface area contributed by atoms with Gasteiger partial charge in [0.1, 0.15) is 10.6 Å². The van der Waals surface area contributed by atoms with E-state index in [0.717, 1.165) is 11.3 Å². The number of carbonyl (C=O) groups excluding carboxylic acids is 1. The molecule has 1 aromatic carbocycles. The van der Waals surface area contributed by atoms with Crippen LogP contribution in [0.25, 0.3) is 0 Å². The van der Waals surface area contributed by atoms with Gasteiger partial charge in [-0.3, -0.25) is 4.79 Å². The zero-order chi connectivity index (χ0) is 13.1. The highest BCUT2D eigenvalue weighted by atomic mass is 35.5. The van der Waals surface area contributed by atoms with Gasteiger partial charge in [-0.05, 0) is 23.6 Å². The summed E-state index contributed by atoms with van der Waals surface area (Å²) in [5.74, 6) is 1.13. The van der Waals surface area contributed by atoms with Crippen molar-refractivity contribution in [3.8, 4) is 10.9 Å². The third-order valence-electron chi connectivity index (χ3n) is 2.43. The fourth-order valence-electron chi connectivity index (χ4n) is 1.45. The maximum atomic E-state index is 10.7. The van der Waals surface area contributed by atoms with E-state index in [2.05, 4.69) is 18.8 Å². The predicted molar refractivity (Wildman–Crippen MR) is 73.1 cm³/mol. The summed E-state index contributed by atoms with van der Waals surface area (Å²) in [5, 5.41) is 0.563. The minimum Gasteiger partial charge on any atom is -0.431 e. The van der Waals surface area contributed by atoms with Crippen molar-refractivity contribution in [1.82, 2.24) is 4.98 Å². The molecule has 3 nitrogen and oxygen atoms in total. The average Bonchev–Trinajstić information content (AvgIpc) is 2.69. The average molecular weight is 282 g/mol. The Kier molecular flexibility index (Phi) is 3.99. The summed E-state index contributed by atoms with van der Waals surface area (Å²) in [7, 11) is 0. The molecule has 0 aliphatic heterocycles. The van der Waals surface area contributed by atoms with Gasteiger partial charge in [0.05, 0.1) is 0 Å². The lowest BCUT2D eigenvalue weighted by atomic mass is 10.0. The highest BCUT2D eigenvalue weighted by Crippen LogP contribution is 2.31. The first-order chi connectivity index (χ1) is 8.60. The minimum atomic E-state index is 0.185. The standard InChI is InChI=1S/C13H12ClNO2S/c1-8(2)9-4-3-5-10(6-9)17-13-15-12(14)11(7-16)18-13/h3-8H,1-2H3. The van der Waals surface area contributed by atoms with E-state index in [1.54, 1.807) is 0 Å². The molecule has 0 fully saturated rings. The number of hydrogen-bond donors (Lipinski definition) is 0. The summed E-state index contributed by atoms with van der Waals surface area (Å²) >= 11 is 6.92. The lowest BCUT2D eigenvalue weighted by Crippen LogP contribution is -1.89. The van der Waals surface area contributed by atoms with Crippen LogP contribution in [0.3, 0.4) is 0 Å². The zero-order valence-electron chi connectivity index (χ0n) is 10.0. The molecule has 0 aliphatic rings. The molecule has 1 aromatic heterocycles. The maximum Gasteiger partial charge on any atom is 0.280 e. The molecule has 18 heavy (non-hydrogen) atoms. The van der Waals surface area contributed by atoms with E-state index in [1.165, 1.54) is 5.56 Å². The summed E-state index contributed by atoms with van der Waals surface area (Å²) in [6, 6.07) is 7.78. The molecular weight excluding hydrogens is 270 g/mol. The van der Waals surface area contributed by atoms with Gasteiger partial charge in [-0.2, -0.15) is 4.98 Å². The van der Waals surface area contributed by atoms with Crippen LogP contribution in [0.2, 0.25) is 5.15 Å². The van der Waals surface area contributed by atoms with Crippen molar-refractivity contribution < 1.29 is 9.53 Å². The monoisotopic (exact) mass is 281 g/mol. The van der Waals surface area contributed by atoms with Crippen molar-refractivity contribution in [2.75, 3.05) is 0 Å². The van der Waals surface area contributed by atoms with E-state index in [-0.39, 0.29) is 5.15 Å². The van der Waals surface area contributed by atoms with Crippen LogP contribution in [-0.2, 0) is 0 Å². The molecule has 0 saturated heterocycles. The van der Waals surface area contributed by atoms with Gasteiger partial charge >= 0.3 is 0 Å². The van der Waals surface area contributed by atoms with Gasteiger partial charge in [-0.1, -0.05) is 48.9 Å². The molecule has 0 amide bonds. The van der Waals surface area contributed by atoms with Crippen LogP contribution in [0.5, 0.6) is 10.9 Å². The summed E-state index contributed by atoms with van der Waals surface area (Å²) < 4.78 is 5.60. The molecule has 0 spiro atoms. The summed E-state index contributed by atoms with van der Waals surface area (Å²) in [6.07, 6.45) is 0.678. The largest absolute Gasteiger partial charge is 0.431 e. The first kappa shape index (κ1) is 13.1. The van der Waals surface area contributed by atoms with E-state index in [4.69, 9.17) is 16.3 Å². The highest BCUT2D eigenvalue weighted by molar-refractivity contribution is 7.15. The fourth-order valence-corrected chi connectivity index (χ4v) is 2.38. The lowest BCUT2D eigenvalue weighted by molar-refractivity contribution is 0.112. The third kappa shape index (κ3) is 2.89. The minimum absolute atomic E-state index is 0.185. The molecule has 0 N–H and O–H groups in total. The van der Waals surface area contributed by atoms with Gasteiger partial charge in [0, 0.05) is 0 Å². The van der Waals surface area contributed by atoms with E-state index in [0.29, 0.717) is 28.0 Å². The van der Waals surface area contributed by atoms with Crippen molar-refractivity contribution in [1.29, 1.82) is 0 Å². The van der Waals surface area contributed by atoms with Gasteiger partial charge in [-0.25, -0.2) is 0 Å². The fraction of sp³-hybridized carbons (Fsp3) is 0.231. The lowest BCUT2D eigenvalue weighted by Gasteiger charge is -2.07. The zero-order valence-corrected chi connectivity index (χ0v) is 11.6. The van der Waals surface area contributed by atoms with Crippen molar-refractivity contribution in [2.45, 2.75) is 19.8 Å². The number of halogens is 1. The Balaban J connectivity index is 2.22. The molecule has 2 rings (SSSR count). The number of thiazole rings is 1. The Morgan fingerprint density at radius 2 is 2.22 bits per heavy atom. The maximum absolute atomic E-state index is 10.7. The first-order valence-electron chi connectivity index (χ1n) is 5.49. The molecule has 5 heteroatoms. The Labute approximate surface area is 114 Å². The Hall–Kier alpha value is -1.39. The van der Waals surface area contributed by atoms with Gasteiger partial charge in [0.2, 0.25) is 0 Å². The smallest absolute Gasteiger partial charge is 0.280 e. The van der Waals surface area contributed by atoms with Gasteiger partial charge < -0.3 is 4.74 Å². The number of carbonyl (C=O) groups is 1. The Morgan fingerprint density at radius 3 is 2.83 bits per heavy atom. The quantitative estimate of drug-likeness (QED) is 0.773. The molecule has 2 aromatic rings. The molecule has 0 radical (unpaired) electrons. The van der Waals surface area contributed by atoms with E-state index < -0.39 is 0 Å². The number of ether oxygens (including phenoxy) is 1. The van der Waals surface area contributed by atoms with Gasteiger partial charge in [-0.15, -0.1) is 0 Å². The highest BCUT2D eigenvalue weighted by Gasteiger charge is 2.10. The van der Waals surface area contributed by atoms with Crippen molar-refractivity contribution in [3.05, 3.63) is 39.9 Å². The van der Waals surface area contributed by atoms with E-state index >= 15 is 0 Å². The Morgan fingerprint density at radius 1 is 1.44 bits per heavy atom. The second-order valence-corrected chi connectivity index (χ2v) is 5.43. The summed E-state index contributed by atoms with van der Waals surface area (Å²) in [4.78, 5) is 15.0. The number of nitrogens with zero attached hydrogens (tertiary/aromatic N) is 1. The molecule has 0 unspecified atom stereocenters. The predicted octanol–water partition coefficient (Wildman–Crippen LogP) is 4.52. The summed E-state index contributed by atoms with van der Waals surface area (Å²) in [6.45, 7) is 4.23. The van der Waals surface area contributed by atoms with Crippen molar-refractivity contribution in [3.63, 3.8) is 0 Å². The number of hydrogen-bond acceptors (Lipinski definition) is 4. The molecular formula is C13H12ClNO2S. The molecule has 94 valence electrons. The van der Waals surface area contributed by atoms with Crippen molar-refractivity contribution in [2.24, 2.45) is 0 Å².